The van der Waals surface area contributed by atoms with Crippen LogP contribution in [0.3, 0.4) is 0 Å². The van der Waals surface area contributed by atoms with Crippen molar-refractivity contribution < 1.29 is 14.1 Å². The van der Waals surface area contributed by atoms with Gasteiger partial charge in [-0.25, -0.2) is 9.48 Å². The van der Waals surface area contributed by atoms with Crippen LogP contribution in [0.25, 0.3) is 0 Å². The SMILES string of the molecule is CC(C)(C)c1nocc1Cn1cc(CN2CCC(=O)NC2=O)nn1. The van der Waals surface area contributed by atoms with E-state index in [4.69, 9.17) is 4.52 Å². The molecule has 3 amide bonds. The number of nitrogens with zero attached hydrogens (tertiary/aromatic N) is 5. The first-order valence-electron chi connectivity index (χ1n) is 7.74. The smallest absolute Gasteiger partial charge is 0.324 e. The molecule has 3 heterocycles. The van der Waals surface area contributed by atoms with E-state index in [9.17, 15) is 9.59 Å². The zero-order valence-electron chi connectivity index (χ0n) is 13.9. The van der Waals surface area contributed by atoms with Crippen LogP contribution in [-0.4, -0.2) is 43.5 Å². The Kier molecular flexibility index (Phi) is 4.08. The number of urea groups is 1. The zero-order chi connectivity index (χ0) is 17.3. The Morgan fingerprint density at radius 1 is 1.29 bits per heavy atom. The highest BCUT2D eigenvalue weighted by Crippen LogP contribution is 2.24. The lowest BCUT2D eigenvalue weighted by molar-refractivity contribution is -0.121. The minimum Gasteiger partial charge on any atom is -0.364 e. The molecule has 128 valence electrons. The first kappa shape index (κ1) is 16.2. The van der Waals surface area contributed by atoms with Gasteiger partial charge in [-0.05, 0) is 0 Å². The molecule has 24 heavy (non-hydrogen) atoms. The van der Waals surface area contributed by atoms with Crippen LogP contribution in [0.4, 0.5) is 4.79 Å². The van der Waals surface area contributed by atoms with Crippen molar-refractivity contribution in [3.8, 4) is 0 Å². The standard InChI is InChI=1S/C15H20N6O3/c1-15(2,3)13-10(9-24-18-13)6-21-8-11(17-19-21)7-20-5-4-12(22)16-14(20)23/h8-9H,4-7H2,1-3H3,(H,16,22,23). The van der Waals surface area contributed by atoms with Gasteiger partial charge in [0, 0.05) is 23.9 Å². The van der Waals surface area contributed by atoms with Gasteiger partial charge in [0.05, 0.1) is 25.0 Å². The summed E-state index contributed by atoms with van der Waals surface area (Å²) in [4.78, 5) is 24.4. The summed E-state index contributed by atoms with van der Waals surface area (Å²) < 4.78 is 6.78. The summed E-state index contributed by atoms with van der Waals surface area (Å²) in [5.41, 5.74) is 2.37. The van der Waals surface area contributed by atoms with Crippen molar-refractivity contribution >= 4 is 11.9 Å². The molecule has 0 radical (unpaired) electrons. The van der Waals surface area contributed by atoms with Gasteiger partial charge in [-0.15, -0.1) is 5.10 Å². The largest absolute Gasteiger partial charge is 0.364 e. The number of carbonyl (C=O) groups is 2. The molecule has 0 saturated carbocycles. The Morgan fingerprint density at radius 2 is 2.08 bits per heavy atom. The van der Waals surface area contributed by atoms with Crippen molar-refractivity contribution in [3.63, 3.8) is 0 Å². The second-order valence-corrected chi connectivity index (χ2v) is 6.87. The van der Waals surface area contributed by atoms with Crippen molar-refractivity contribution in [2.45, 2.75) is 45.7 Å². The highest BCUT2D eigenvalue weighted by Gasteiger charge is 2.25. The van der Waals surface area contributed by atoms with Gasteiger partial charge >= 0.3 is 6.03 Å². The molecular formula is C15H20N6O3. The minimum atomic E-state index is -0.394. The topological polar surface area (TPSA) is 106 Å². The molecule has 3 rings (SSSR count). The van der Waals surface area contributed by atoms with Crippen LogP contribution in [0.2, 0.25) is 0 Å². The number of hydrogen-bond donors (Lipinski definition) is 1. The number of nitrogens with one attached hydrogen (secondary N) is 1. The van der Waals surface area contributed by atoms with E-state index in [0.717, 1.165) is 11.3 Å². The Hall–Kier alpha value is -2.71. The van der Waals surface area contributed by atoms with Crippen LogP contribution in [0.5, 0.6) is 0 Å². The average molecular weight is 332 g/mol. The summed E-state index contributed by atoms with van der Waals surface area (Å²) in [6, 6.07) is -0.394. The second kappa shape index (κ2) is 6.06. The third-order valence-corrected chi connectivity index (χ3v) is 3.77. The zero-order valence-corrected chi connectivity index (χ0v) is 13.9. The van der Waals surface area contributed by atoms with Gasteiger partial charge in [-0.1, -0.05) is 31.1 Å². The van der Waals surface area contributed by atoms with E-state index in [1.54, 1.807) is 17.1 Å². The molecule has 1 aliphatic rings. The van der Waals surface area contributed by atoms with E-state index < -0.39 is 6.03 Å². The summed E-state index contributed by atoms with van der Waals surface area (Å²) in [6.45, 7) is 7.39. The molecule has 0 spiro atoms. The van der Waals surface area contributed by atoms with Crippen LogP contribution >= 0.6 is 0 Å². The van der Waals surface area contributed by atoms with Gasteiger partial charge in [-0.2, -0.15) is 0 Å². The fourth-order valence-electron chi connectivity index (χ4n) is 2.60. The maximum absolute atomic E-state index is 11.7. The lowest BCUT2D eigenvalue weighted by Gasteiger charge is -2.25. The first-order chi connectivity index (χ1) is 11.3. The molecule has 2 aromatic rings. The van der Waals surface area contributed by atoms with E-state index in [1.807, 2.05) is 0 Å². The van der Waals surface area contributed by atoms with E-state index >= 15 is 0 Å². The van der Waals surface area contributed by atoms with Crippen molar-refractivity contribution in [1.82, 2.24) is 30.4 Å². The second-order valence-electron chi connectivity index (χ2n) is 6.87. The molecule has 2 aromatic heterocycles. The van der Waals surface area contributed by atoms with Crippen molar-refractivity contribution in [2.75, 3.05) is 6.54 Å². The molecule has 9 heteroatoms. The van der Waals surface area contributed by atoms with E-state index in [2.05, 4.69) is 41.6 Å². The minimum absolute atomic E-state index is 0.121. The van der Waals surface area contributed by atoms with Crippen molar-refractivity contribution in [1.29, 1.82) is 0 Å². The number of carbonyl (C=O) groups excluding carboxylic acids is 2. The van der Waals surface area contributed by atoms with Crippen LogP contribution in [0.15, 0.2) is 17.0 Å². The van der Waals surface area contributed by atoms with Gasteiger partial charge in [0.2, 0.25) is 5.91 Å². The summed E-state index contributed by atoms with van der Waals surface area (Å²) in [6.07, 6.45) is 3.70. The van der Waals surface area contributed by atoms with Crippen molar-refractivity contribution in [2.24, 2.45) is 0 Å². The fourth-order valence-corrected chi connectivity index (χ4v) is 2.60. The first-order valence-corrected chi connectivity index (χ1v) is 7.74. The average Bonchev–Trinajstić information content (AvgIpc) is 3.11. The quantitative estimate of drug-likeness (QED) is 0.897. The highest BCUT2D eigenvalue weighted by molar-refractivity contribution is 5.96. The number of imide groups is 1. The summed E-state index contributed by atoms with van der Waals surface area (Å²) in [5.74, 6) is -0.248. The summed E-state index contributed by atoms with van der Waals surface area (Å²) in [7, 11) is 0. The summed E-state index contributed by atoms with van der Waals surface area (Å²) >= 11 is 0. The van der Waals surface area contributed by atoms with Crippen molar-refractivity contribution in [3.05, 3.63) is 29.4 Å². The number of aromatic nitrogens is 4. The van der Waals surface area contributed by atoms with E-state index in [0.29, 0.717) is 31.7 Å². The van der Waals surface area contributed by atoms with Crippen LogP contribution in [0, 0.1) is 0 Å². The fraction of sp³-hybridized carbons (Fsp3) is 0.533. The predicted octanol–water partition coefficient (Wildman–Crippen LogP) is 1.05. The van der Waals surface area contributed by atoms with E-state index in [1.165, 1.54) is 4.90 Å². The van der Waals surface area contributed by atoms with Gasteiger partial charge in [0.25, 0.3) is 0 Å². The van der Waals surface area contributed by atoms with E-state index in [-0.39, 0.29) is 11.3 Å². The van der Waals surface area contributed by atoms with Gasteiger partial charge in [-0.3, -0.25) is 10.1 Å². The molecular weight excluding hydrogens is 312 g/mol. The normalized spacial score (nSPS) is 15.7. The monoisotopic (exact) mass is 332 g/mol. The Morgan fingerprint density at radius 3 is 2.79 bits per heavy atom. The molecule has 0 unspecified atom stereocenters. The molecule has 1 fully saturated rings. The number of rotatable bonds is 4. The molecule has 1 aliphatic heterocycles. The lowest BCUT2D eigenvalue weighted by atomic mass is 9.89. The van der Waals surface area contributed by atoms with Gasteiger partial charge in [0.15, 0.2) is 0 Å². The maximum atomic E-state index is 11.7. The Labute approximate surface area is 139 Å². The molecule has 9 nitrogen and oxygen atoms in total. The lowest BCUT2D eigenvalue weighted by Crippen LogP contribution is -2.48. The molecule has 0 aliphatic carbocycles. The molecule has 1 N–H and O–H groups in total. The van der Waals surface area contributed by atoms with Gasteiger partial charge < -0.3 is 9.42 Å². The predicted molar refractivity (Wildman–Crippen MR) is 82.9 cm³/mol. The maximum Gasteiger partial charge on any atom is 0.324 e. The number of amides is 3. The molecule has 0 atom stereocenters. The Bertz CT molecular complexity index is 757. The molecule has 0 aromatic carbocycles. The Balaban J connectivity index is 1.67. The van der Waals surface area contributed by atoms with Crippen LogP contribution < -0.4 is 5.32 Å². The van der Waals surface area contributed by atoms with Crippen LogP contribution in [-0.2, 0) is 23.3 Å². The third kappa shape index (κ3) is 3.44. The molecule has 1 saturated heterocycles. The third-order valence-electron chi connectivity index (χ3n) is 3.77. The molecule has 0 bridgehead atoms. The highest BCUT2D eigenvalue weighted by atomic mass is 16.5. The van der Waals surface area contributed by atoms with Crippen LogP contribution in [0.1, 0.15) is 44.1 Å². The van der Waals surface area contributed by atoms with Gasteiger partial charge in [0.1, 0.15) is 12.0 Å². The summed E-state index contributed by atoms with van der Waals surface area (Å²) in [5, 5.41) is 14.5. The number of hydrogen-bond acceptors (Lipinski definition) is 6.